The molecule has 0 unspecified atom stereocenters. The summed E-state index contributed by atoms with van der Waals surface area (Å²) in [7, 11) is -3.65. The van der Waals surface area contributed by atoms with E-state index in [1.807, 2.05) is 29.1 Å². The highest BCUT2D eigenvalue weighted by Crippen LogP contribution is 2.09. The van der Waals surface area contributed by atoms with Crippen LogP contribution in [0.5, 0.6) is 0 Å². The van der Waals surface area contributed by atoms with Gasteiger partial charge in [-0.3, -0.25) is 4.79 Å². The number of rotatable bonds is 8. The molecule has 0 aliphatic rings. The van der Waals surface area contributed by atoms with E-state index >= 15 is 0 Å². The number of benzene rings is 1. The second kappa shape index (κ2) is 7.94. The first-order chi connectivity index (χ1) is 10.9. The zero-order valence-electron chi connectivity index (χ0n) is 12.8. The fraction of sp³-hybridized carbons (Fsp3) is 0.312. The Labute approximate surface area is 136 Å². The minimum atomic E-state index is -3.65. The highest BCUT2D eigenvalue weighted by atomic mass is 32.2. The fourth-order valence-corrected chi connectivity index (χ4v) is 2.74. The molecule has 0 radical (unpaired) electrons. The maximum atomic E-state index is 11.7. The second-order valence-corrected chi connectivity index (χ2v) is 6.87. The van der Waals surface area contributed by atoms with Crippen LogP contribution in [0.3, 0.4) is 0 Å². The second-order valence-electron chi connectivity index (χ2n) is 5.31. The van der Waals surface area contributed by atoms with Gasteiger partial charge >= 0.3 is 0 Å². The molecule has 7 heteroatoms. The zero-order chi connectivity index (χ0) is 16.7. The van der Waals surface area contributed by atoms with Gasteiger partial charge in [0, 0.05) is 31.9 Å². The van der Waals surface area contributed by atoms with Crippen molar-refractivity contribution in [3.8, 4) is 0 Å². The van der Waals surface area contributed by atoms with Crippen molar-refractivity contribution in [3.05, 3.63) is 54.4 Å². The highest BCUT2D eigenvalue weighted by Gasteiger charge is 2.07. The van der Waals surface area contributed by atoms with Crippen LogP contribution in [0.25, 0.3) is 0 Å². The van der Waals surface area contributed by atoms with Gasteiger partial charge in [0.05, 0.1) is 4.90 Å². The third-order valence-electron chi connectivity index (χ3n) is 3.47. The topological polar surface area (TPSA) is 94.2 Å². The van der Waals surface area contributed by atoms with E-state index in [4.69, 9.17) is 5.14 Å². The summed E-state index contributed by atoms with van der Waals surface area (Å²) in [5.41, 5.74) is 0.949. The molecule has 1 aromatic heterocycles. The first-order valence-corrected chi connectivity index (χ1v) is 8.99. The van der Waals surface area contributed by atoms with Gasteiger partial charge in [-0.25, -0.2) is 13.6 Å². The number of hydrogen-bond acceptors (Lipinski definition) is 3. The number of nitrogens with two attached hydrogens (primary N) is 1. The van der Waals surface area contributed by atoms with E-state index < -0.39 is 10.0 Å². The van der Waals surface area contributed by atoms with Crippen LogP contribution in [0.2, 0.25) is 0 Å². The number of hydrogen-bond donors (Lipinski definition) is 2. The molecule has 3 N–H and O–H groups in total. The van der Waals surface area contributed by atoms with Gasteiger partial charge in [0.2, 0.25) is 15.9 Å². The van der Waals surface area contributed by atoms with Crippen LogP contribution in [-0.2, 0) is 27.8 Å². The average Bonchev–Trinajstić information content (AvgIpc) is 3.00. The Morgan fingerprint density at radius 2 is 1.78 bits per heavy atom. The molecule has 0 spiro atoms. The molecule has 2 rings (SSSR count). The van der Waals surface area contributed by atoms with Crippen molar-refractivity contribution in [1.29, 1.82) is 0 Å². The Bertz CT molecular complexity index is 722. The summed E-state index contributed by atoms with van der Waals surface area (Å²) in [4.78, 5) is 11.8. The zero-order valence-corrected chi connectivity index (χ0v) is 13.6. The number of nitrogens with zero attached hydrogens (tertiary/aromatic N) is 1. The predicted octanol–water partition coefficient (Wildman–Crippen LogP) is 1.27. The maximum Gasteiger partial charge on any atom is 0.238 e. The van der Waals surface area contributed by atoms with E-state index in [0.29, 0.717) is 19.4 Å². The van der Waals surface area contributed by atoms with Crippen molar-refractivity contribution in [2.45, 2.75) is 30.7 Å². The van der Waals surface area contributed by atoms with Gasteiger partial charge in [-0.1, -0.05) is 12.1 Å². The van der Waals surface area contributed by atoms with E-state index in [1.165, 1.54) is 12.1 Å². The Balaban J connectivity index is 1.67. The lowest BCUT2D eigenvalue weighted by Crippen LogP contribution is -2.25. The lowest BCUT2D eigenvalue weighted by atomic mass is 10.1. The number of aryl methyl sites for hydroxylation is 1. The summed E-state index contributed by atoms with van der Waals surface area (Å²) in [6, 6.07) is 10.3. The molecule has 124 valence electrons. The van der Waals surface area contributed by atoms with E-state index in [9.17, 15) is 13.2 Å². The molecule has 1 aromatic carbocycles. The fourth-order valence-electron chi connectivity index (χ4n) is 2.22. The molecule has 23 heavy (non-hydrogen) atoms. The standard InChI is InChI=1S/C16H21N3O3S/c17-23(21,22)15-7-5-14(6-8-15)9-10-18-16(20)4-3-13-19-11-1-2-12-19/h1-2,5-8,11-12H,3-4,9-10,13H2,(H,18,20)(H2,17,21,22). The molecule has 6 nitrogen and oxygen atoms in total. The number of carbonyl (C=O) groups is 1. The van der Waals surface area contributed by atoms with E-state index in [2.05, 4.69) is 5.32 Å². The van der Waals surface area contributed by atoms with E-state index in [1.54, 1.807) is 12.1 Å². The van der Waals surface area contributed by atoms with E-state index in [0.717, 1.165) is 18.5 Å². The normalized spacial score (nSPS) is 11.3. The Morgan fingerprint density at radius 1 is 1.13 bits per heavy atom. The number of carbonyl (C=O) groups excluding carboxylic acids is 1. The molecule has 0 saturated carbocycles. The van der Waals surface area contributed by atoms with Crippen molar-refractivity contribution in [2.24, 2.45) is 5.14 Å². The molecule has 0 bridgehead atoms. The van der Waals surface area contributed by atoms with Gasteiger partial charge in [0.15, 0.2) is 0 Å². The average molecular weight is 335 g/mol. The molecular weight excluding hydrogens is 314 g/mol. The molecule has 0 aliphatic carbocycles. The van der Waals surface area contributed by atoms with E-state index in [-0.39, 0.29) is 10.8 Å². The summed E-state index contributed by atoms with van der Waals surface area (Å²) in [5.74, 6) is 0.0262. The number of sulfonamides is 1. The first-order valence-electron chi connectivity index (χ1n) is 7.44. The van der Waals surface area contributed by atoms with Crippen molar-refractivity contribution < 1.29 is 13.2 Å². The van der Waals surface area contributed by atoms with Gasteiger partial charge in [-0.15, -0.1) is 0 Å². The first kappa shape index (κ1) is 17.2. The third-order valence-corrected chi connectivity index (χ3v) is 4.40. The molecule has 0 atom stereocenters. The Kier molecular flexibility index (Phi) is 5.95. The molecular formula is C16H21N3O3S. The van der Waals surface area contributed by atoms with Crippen LogP contribution in [0, 0.1) is 0 Å². The summed E-state index contributed by atoms with van der Waals surface area (Å²) in [6.07, 6.45) is 5.88. The van der Waals surface area contributed by atoms with Crippen LogP contribution >= 0.6 is 0 Å². The van der Waals surface area contributed by atoms with Gasteiger partial charge in [-0.05, 0) is 42.7 Å². The number of aromatic nitrogens is 1. The summed E-state index contributed by atoms with van der Waals surface area (Å²) < 4.78 is 24.3. The van der Waals surface area contributed by atoms with Crippen molar-refractivity contribution in [1.82, 2.24) is 9.88 Å². The minimum absolute atomic E-state index is 0.0262. The largest absolute Gasteiger partial charge is 0.356 e. The Morgan fingerprint density at radius 3 is 2.39 bits per heavy atom. The lowest BCUT2D eigenvalue weighted by Gasteiger charge is -2.06. The molecule has 1 amide bonds. The van der Waals surface area contributed by atoms with Crippen LogP contribution in [-0.4, -0.2) is 25.4 Å². The molecule has 0 aliphatic heterocycles. The summed E-state index contributed by atoms with van der Waals surface area (Å²) in [6.45, 7) is 1.35. The lowest BCUT2D eigenvalue weighted by molar-refractivity contribution is -0.121. The predicted molar refractivity (Wildman–Crippen MR) is 88.2 cm³/mol. The quantitative estimate of drug-likeness (QED) is 0.761. The third kappa shape index (κ3) is 5.88. The van der Waals surface area contributed by atoms with Crippen molar-refractivity contribution >= 4 is 15.9 Å². The number of primary sulfonamides is 1. The highest BCUT2D eigenvalue weighted by molar-refractivity contribution is 7.89. The van der Waals surface area contributed by atoms with Crippen LogP contribution in [0.4, 0.5) is 0 Å². The van der Waals surface area contributed by atoms with Crippen LogP contribution in [0.1, 0.15) is 18.4 Å². The Hall–Kier alpha value is -2.12. The van der Waals surface area contributed by atoms with Crippen LogP contribution in [0.15, 0.2) is 53.7 Å². The van der Waals surface area contributed by atoms with Crippen LogP contribution < -0.4 is 10.5 Å². The SMILES string of the molecule is NS(=O)(=O)c1ccc(CCNC(=O)CCCn2cccc2)cc1. The molecule has 2 aromatic rings. The summed E-state index contributed by atoms with van der Waals surface area (Å²) in [5, 5.41) is 7.91. The summed E-state index contributed by atoms with van der Waals surface area (Å²) >= 11 is 0. The minimum Gasteiger partial charge on any atom is -0.356 e. The number of nitrogens with one attached hydrogen (secondary N) is 1. The molecule has 0 fully saturated rings. The smallest absolute Gasteiger partial charge is 0.238 e. The molecule has 1 heterocycles. The van der Waals surface area contributed by atoms with Gasteiger partial charge < -0.3 is 9.88 Å². The van der Waals surface area contributed by atoms with Gasteiger partial charge in [-0.2, -0.15) is 0 Å². The van der Waals surface area contributed by atoms with Gasteiger partial charge in [0.1, 0.15) is 0 Å². The van der Waals surface area contributed by atoms with Crippen molar-refractivity contribution in [3.63, 3.8) is 0 Å². The maximum absolute atomic E-state index is 11.7. The number of amides is 1. The monoisotopic (exact) mass is 335 g/mol. The molecule has 0 saturated heterocycles. The van der Waals surface area contributed by atoms with Crippen molar-refractivity contribution in [2.75, 3.05) is 6.54 Å². The van der Waals surface area contributed by atoms with Gasteiger partial charge in [0.25, 0.3) is 0 Å².